The van der Waals surface area contributed by atoms with Crippen LogP contribution in [0.25, 0.3) is 11.0 Å². The molecule has 1 saturated heterocycles. The molecule has 0 bridgehead atoms. The summed E-state index contributed by atoms with van der Waals surface area (Å²) in [7, 11) is 0. The molecule has 96 valence electrons. The average Bonchev–Trinajstić information content (AvgIpc) is 2.94. The molecule has 0 radical (unpaired) electrons. The Morgan fingerprint density at radius 3 is 3.00 bits per heavy atom. The van der Waals surface area contributed by atoms with Crippen molar-refractivity contribution in [2.75, 3.05) is 13.2 Å². The normalized spacial score (nSPS) is 21.6. The Balaban J connectivity index is 2.25. The molecule has 1 aliphatic rings. The minimum absolute atomic E-state index is 0.0857. The summed E-state index contributed by atoms with van der Waals surface area (Å²) in [5.74, 6) is 0.955. The maximum Gasteiger partial charge on any atom is 0.128 e. The number of alkyl halides is 1. The van der Waals surface area contributed by atoms with Crippen molar-refractivity contribution in [3.63, 3.8) is 0 Å². The number of fused-ring (bicyclic) bond motifs is 1. The molecule has 0 aliphatic carbocycles. The molecule has 3 nitrogen and oxygen atoms in total. The van der Waals surface area contributed by atoms with Crippen molar-refractivity contribution < 1.29 is 4.74 Å². The predicted octanol–water partition coefficient (Wildman–Crippen LogP) is 3.61. The van der Waals surface area contributed by atoms with Crippen molar-refractivity contribution in [3.05, 3.63) is 29.6 Å². The Morgan fingerprint density at radius 1 is 1.50 bits per heavy atom. The van der Waals surface area contributed by atoms with Gasteiger partial charge in [0.25, 0.3) is 0 Å². The molecule has 0 N–H and O–H groups in total. The fourth-order valence-electron chi connectivity index (χ4n) is 2.67. The lowest BCUT2D eigenvalue weighted by molar-refractivity contribution is 0.186. The van der Waals surface area contributed by atoms with Crippen LogP contribution in [-0.4, -0.2) is 22.8 Å². The zero-order chi connectivity index (χ0) is 12.7. The third-order valence-corrected chi connectivity index (χ3v) is 3.77. The van der Waals surface area contributed by atoms with Gasteiger partial charge in [0.15, 0.2) is 0 Å². The van der Waals surface area contributed by atoms with Gasteiger partial charge in [-0.25, -0.2) is 4.98 Å². The van der Waals surface area contributed by atoms with E-state index in [2.05, 4.69) is 29.7 Å². The molecule has 2 heterocycles. The van der Waals surface area contributed by atoms with E-state index in [1.165, 1.54) is 11.1 Å². The number of aryl methyl sites for hydroxylation is 1. The number of hydrogen-bond donors (Lipinski definition) is 0. The summed E-state index contributed by atoms with van der Waals surface area (Å²) in [6.45, 7) is 5.65. The first-order valence-corrected chi connectivity index (χ1v) is 6.81. The first-order chi connectivity index (χ1) is 8.68. The summed E-state index contributed by atoms with van der Waals surface area (Å²) in [5.41, 5.74) is 3.43. The molecule has 1 aromatic heterocycles. The number of halogens is 1. The van der Waals surface area contributed by atoms with Gasteiger partial charge in [-0.3, -0.25) is 0 Å². The largest absolute Gasteiger partial charge is 0.379 e. The Hall–Kier alpha value is -1.06. The van der Waals surface area contributed by atoms with Crippen LogP contribution >= 0.6 is 11.6 Å². The molecule has 3 rings (SSSR count). The van der Waals surface area contributed by atoms with Crippen LogP contribution in [0.3, 0.4) is 0 Å². The van der Waals surface area contributed by atoms with Gasteiger partial charge in [-0.2, -0.15) is 0 Å². The van der Waals surface area contributed by atoms with Crippen molar-refractivity contribution in [3.8, 4) is 0 Å². The van der Waals surface area contributed by atoms with Gasteiger partial charge in [0.1, 0.15) is 5.82 Å². The van der Waals surface area contributed by atoms with Gasteiger partial charge in [-0.1, -0.05) is 12.1 Å². The molecular formula is C14H17ClN2O. The topological polar surface area (TPSA) is 27.1 Å². The highest BCUT2D eigenvalue weighted by Crippen LogP contribution is 2.32. The molecule has 18 heavy (non-hydrogen) atoms. The SMILES string of the molecule is Cc1cccc2c1nc(C(C)Cl)n2C1CCOC1. The van der Waals surface area contributed by atoms with E-state index in [1.807, 2.05) is 6.92 Å². The fraction of sp³-hybridized carbons (Fsp3) is 0.500. The lowest BCUT2D eigenvalue weighted by Crippen LogP contribution is -2.12. The van der Waals surface area contributed by atoms with Gasteiger partial charge in [0, 0.05) is 6.61 Å². The quantitative estimate of drug-likeness (QED) is 0.775. The summed E-state index contributed by atoms with van der Waals surface area (Å²) >= 11 is 6.29. The average molecular weight is 265 g/mol. The summed E-state index contributed by atoms with van der Waals surface area (Å²) in [5, 5.41) is -0.0857. The minimum Gasteiger partial charge on any atom is -0.379 e. The number of hydrogen-bond acceptors (Lipinski definition) is 2. The molecular weight excluding hydrogens is 248 g/mol. The highest BCUT2D eigenvalue weighted by atomic mass is 35.5. The van der Waals surface area contributed by atoms with E-state index in [9.17, 15) is 0 Å². The fourth-order valence-corrected chi connectivity index (χ4v) is 2.82. The number of imidazole rings is 1. The van der Waals surface area contributed by atoms with Gasteiger partial charge in [0.2, 0.25) is 0 Å². The smallest absolute Gasteiger partial charge is 0.128 e. The van der Waals surface area contributed by atoms with E-state index in [4.69, 9.17) is 21.3 Å². The Bertz CT molecular complexity index is 570. The molecule has 1 aliphatic heterocycles. The van der Waals surface area contributed by atoms with Gasteiger partial charge >= 0.3 is 0 Å². The van der Waals surface area contributed by atoms with Crippen LogP contribution in [-0.2, 0) is 4.74 Å². The first-order valence-electron chi connectivity index (χ1n) is 6.37. The number of nitrogens with zero attached hydrogens (tertiary/aromatic N) is 2. The number of rotatable bonds is 2. The molecule has 1 aromatic carbocycles. The molecule has 0 spiro atoms. The summed E-state index contributed by atoms with van der Waals surface area (Å²) < 4.78 is 7.77. The second-order valence-corrected chi connectivity index (χ2v) is 5.57. The Labute approximate surface area is 112 Å². The van der Waals surface area contributed by atoms with Crippen molar-refractivity contribution in [1.82, 2.24) is 9.55 Å². The van der Waals surface area contributed by atoms with Gasteiger partial charge in [0.05, 0.1) is 29.1 Å². The van der Waals surface area contributed by atoms with Crippen LogP contribution < -0.4 is 0 Å². The standard InChI is InChI=1S/C14H17ClN2O/c1-9-4-3-5-12-13(9)16-14(10(2)15)17(12)11-6-7-18-8-11/h3-5,10-11H,6-8H2,1-2H3. The monoisotopic (exact) mass is 264 g/mol. The third-order valence-electron chi connectivity index (χ3n) is 3.58. The van der Waals surface area contributed by atoms with E-state index < -0.39 is 0 Å². The van der Waals surface area contributed by atoms with Crippen molar-refractivity contribution in [2.45, 2.75) is 31.7 Å². The molecule has 4 heteroatoms. The van der Waals surface area contributed by atoms with Crippen LogP contribution in [0.15, 0.2) is 18.2 Å². The number of para-hydroxylation sites is 1. The van der Waals surface area contributed by atoms with Gasteiger partial charge in [-0.05, 0) is 31.9 Å². The van der Waals surface area contributed by atoms with Crippen molar-refractivity contribution in [1.29, 1.82) is 0 Å². The van der Waals surface area contributed by atoms with Crippen LogP contribution in [0, 0.1) is 6.92 Å². The van der Waals surface area contributed by atoms with Crippen LogP contribution in [0.1, 0.15) is 36.2 Å². The van der Waals surface area contributed by atoms with E-state index in [1.54, 1.807) is 0 Å². The summed E-state index contributed by atoms with van der Waals surface area (Å²) in [4.78, 5) is 4.73. The van der Waals surface area contributed by atoms with Gasteiger partial charge < -0.3 is 9.30 Å². The molecule has 2 unspecified atom stereocenters. The number of ether oxygens (including phenoxy) is 1. The molecule has 0 saturated carbocycles. The number of aromatic nitrogens is 2. The Kier molecular flexibility index (Phi) is 3.04. The maximum absolute atomic E-state index is 6.29. The highest BCUT2D eigenvalue weighted by Gasteiger charge is 2.25. The predicted molar refractivity (Wildman–Crippen MR) is 73.2 cm³/mol. The zero-order valence-electron chi connectivity index (χ0n) is 10.7. The highest BCUT2D eigenvalue weighted by molar-refractivity contribution is 6.20. The molecule has 1 fully saturated rings. The molecule has 0 amide bonds. The minimum atomic E-state index is -0.0857. The van der Waals surface area contributed by atoms with E-state index in [0.29, 0.717) is 6.04 Å². The zero-order valence-corrected chi connectivity index (χ0v) is 11.4. The summed E-state index contributed by atoms with van der Waals surface area (Å²) in [6.07, 6.45) is 1.04. The maximum atomic E-state index is 6.29. The Morgan fingerprint density at radius 2 is 2.33 bits per heavy atom. The van der Waals surface area contributed by atoms with E-state index in [-0.39, 0.29) is 5.38 Å². The van der Waals surface area contributed by atoms with Crippen LogP contribution in [0.5, 0.6) is 0 Å². The molecule has 2 aromatic rings. The lowest BCUT2D eigenvalue weighted by atomic mass is 10.2. The second-order valence-electron chi connectivity index (χ2n) is 4.92. The second kappa shape index (κ2) is 4.56. The van der Waals surface area contributed by atoms with E-state index in [0.717, 1.165) is 31.0 Å². The van der Waals surface area contributed by atoms with Crippen LogP contribution in [0.4, 0.5) is 0 Å². The summed E-state index contributed by atoms with van der Waals surface area (Å²) in [6, 6.07) is 6.66. The first kappa shape index (κ1) is 12.0. The van der Waals surface area contributed by atoms with Crippen LogP contribution in [0.2, 0.25) is 0 Å². The van der Waals surface area contributed by atoms with Gasteiger partial charge in [-0.15, -0.1) is 11.6 Å². The number of benzene rings is 1. The van der Waals surface area contributed by atoms with Crippen molar-refractivity contribution >= 4 is 22.6 Å². The lowest BCUT2D eigenvalue weighted by Gasteiger charge is -2.16. The third kappa shape index (κ3) is 1.82. The van der Waals surface area contributed by atoms with E-state index >= 15 is 0 Å². The molecule has 2 atom stereocenters. The van der Waals surface area contributed by atoms with Crippen molar-refractivity contribution in [2.24, 2.45) is 0 Å².